The summed E-state index contributed by atoms with van der Waals surface area (Å²) in [7, 11) is 0. The van der Waals surface area contributed by atoms with Gasteiger partial charge in [0.25, 0.3) is 0 Å². The van der Waals surface area contributed by atoms with Gasteiger partial charge in [0.1, 0.15) is 23.9 Å². The number of Topliss-reactive ketones (excluding diaryl/α,β-unsaturated/α-hetero) is 1. The van der Waals surface area contributed by atoms with Crippen molar-refractivity contribution < 1.29 is 19.0 Å². The second kappa shape index (κ2) is 8.41. The number of rotatable bonds is 6. The number of carbonyl (C=O) groups is 1. The lowest BCUT2D eigenvalue weighted by Crippen LogP contribution is -1.98. The fraction of sp³-hybridized carbons (Fsp3) is 0.125. The summed E-state index contributed by atoms with van der Waals surface area (Å²) in [4.78, 5) is 12.6. The largest absolute Gasteiger partial charge is 0.494 e. The Bertz CT molecular complexity index is 1070. The van der Waals surface area contributed by atoms with Crippen LogP contribution in [0.5, 0.6) is 17.2 Å². The standard InChI is InChI=1S/C24H19ClO4/c1-2-27-18-9-7-16(8-10-18)13-23-24(26)20-12-11-19(14-22(20)29-23)28-15-17-5-3-4-6-21(17)25/h3-14H,2,15H2,1H3/b23-13-. The van der Waals surface area contributed by atoms with Gasteiger partial charge in [-0.25, -0.2) is 0 Å². The molecule has 0 bridgehead atoms. The molecule has 29 heavy (non-hydrogen) atoms. The zero-order valence-corrected chi connectivity index (χ0v) is 16.6. The molecule has 0 unspecified atom stereocenters. The van der Waals surface area contributed by atoms with Gasteiger partial charge in [-0.05, 0) is 48.9 Å². The van der Waals surface area contributed by atoms with E-state index in [0.29, 0.717) is 35.3 Å². The second-order valence-electron chi connectivity index (χ2n) is 6.48. The number of ether oxygens (including phenoxy) is 3. The number of allylic oxidation sites excluding steroid dienone is 1. The summed E-state index contributed by atoms with van der Waals surface area (Å²) in [6.45, 7) is 2.88. The van der Waals surface area contributed by atoms with Crippen molar-refractivity contribution >= 4 is 23.5 Å². The highest BCUT2D eigenvalue weighted by Crippen LogP contribution is 2.35. The monoisotopic (exact) mass is 406 g/mol. The number of benzene rings is 3. The van der Waals surface area contributed by atoms with Crippen LogP contribution in [0.2, 0.25) is 5.02 Å². The molecule has 0 aromatic heterocycles. The first-order valence-corrected chi connectivity index (χ1v) is 9.69. The van der Waals surface area contributed by atoms with Gasteiger partial charge >= 0.3 is 0 Å². The molecule has 4 rings (SSSR count). The van der Waals surface area contributed by atoms with Gasteiger partial charge in [0, 0.05) is 16.7 Å². The van der Waals surface area contributed by atoms with Crippen LogP contribution in [0.1, 0.15) is 28.4 Å². The van der Waals surface area contributed by atoms with E-state index in [2.05, 4.69) is 0 Å². The molecule has 0 saturated heterocycles. The van der Waals surface area contributed by atoms with Crippen LogP contribution in [-0.4, -0.2) is 12.4 Å². The van der Waals surface area contributed by atoms with Crippen LogP contribution in [0.4, 0.5) is 0 Å². The van der Waals surface area contributed by atoms with Gasteiger partial charge in [0.2, 0.25) is 5.78 Å². The van der Waals surface area contributed by atoms with E-state index in [-0.39, 0.29) is 11.5 Å². The molecule has 0 spiro atoms. The first-order chi connectivity index (χ1) is 14.1. The predicted molar refractivity (Wildman–Crippen MR) is 113 cm³/mol. The zero-order chi connectivity index (χ0) is 20.2. The summed E-state index contributed by atoms with van der Waals surface area (Å²) in [6.07, 6.45) is 1.72. The molecule has 3 aromatic rings. The molecule has 5 heteroatoms. The predicted octanol–water partition coefficient (Wildman–Crippen LogP) is 5.93. The maximum atomic E-state index is 12.6. The number of fused-ring (bicyclic) bond motifs is 1. The zero-order valence-electron chi connectivity index (χ0n) is 15.9. The van der Waals surface area contributed by atoms with Crippen molar-refractivity contribution in [2.75, 3.05) is 6.61 Å². The lowest BCUT2D eigenvalue weighted by Gasteiger charge is -2.08. The lowest BCUT2D eigenvalue weighted by molar-refractivity contribution is 0.101. The van der Waals surface area contributed by atoms with Crippen LogP contribution in [0.15, 0.2) is 72.5 Å². The molecule has 0 aliphatic carbocycles. The molecular weight excluding hydrogens is 388 g/mol. The Morgan fingerprint density at radius 1 is 0.966 bits per heavy atom. The molecule has 4 nitrogen and oxygen atoms in total. The van der Waals surface area contributed by atoms with Gasteiger partial charge < -0.3 is 14.2 Å². The fourth-order valence-corrected chi connectivity index (χ4v) is 3.20. The fourth-order valence-electron chi connectivity index (χ4n) is 3.01. The molecule has 0 fully saturated rings. The normalized spacial score (nSPS) is 13.9. The molecule has 0 amide bonds. The first-order valence-electron chi connectivity index (χ1n) is 9.31. The minimum atomic E-state index is -0.147. The molecule has 1 aliphatic rings. The highest BCUT2D eigenvalue weighted by atomic mass is 35.5. The van der Waals surface area contributed by atoms with Gasteiger partial charge in [0.15, 0.2) is 5.76 Å². The quantitative estimate of drug-likeness (QED) is 0.475. The molecule has 0 N–H and O–H groups in total. The molecule has 1 heterocycles. The number of carbonyl (C=O) groups excluding carboxylic acids is 1. The van der Waals surface area contributed by atoms with E-state index in [4.69, 9.17) is 25.8 Å². The maximum Gasteiger partial charge on any atom is 0.231 e. The van der Waals surface area contributed by atoms with Crippen LogP contribution in [0.25, 0.3) is 6.08 Å². The van der Waals surface area contributed by atoms with E-state index in [9.17, 15) is 4.79 Å². The maximum absolute atomic E-state index is 12.6. The molecule has 0 radical (unpaired) electrons. The van der Waals surface area contributed by atoms with Crippen molar-refractivity contribution in [2.45, 2.75) is 13.5 Å². The Kier molecular flexibility index (Phi) is 5.54. The van der Waals surface area contributed by atoms with Crippen LogP contribution in [0.3, 0.4) is 0 Å². The van der Waals surface area contributed by atoms with Crippen molar-refractivity contribution in [3.63, 3.8) is 0 Å². The summed E-state index contributed by atoms with van der Waals surface area (Å²) in [5, 5.41) is 0.653. The van der Waals surface area contributed by atoms with E-state index in [1.807, 2.05) is 55.5 Å². The average molecular weight is 407 g/mol. The van der Waals surface area contributed by atoms with Crippen molar-refractivity contribution in [3.8, 4) is 17.2 Å². The van der Waals surface area contributed by atoms with Crippen LogP contribution in [0, 0.1) is 0 Å². The summed E-state index contributed by atoms with van der Waals surface area (Å²) in [6, 6.07) is 20.2. The number of ketones is 1. The van der Waals surface area contributed by atoms with E-state index in [1.54, 1.807) is 24.3 Å². The minimum Gasteiger partial charge on any atom is -0.494 e. The summed E-state index contributed by atoms with van der Waals surface area (Å²) < 4.78 is 17.0. The third-order valence-electron chi connectivity index (χ3n) is 4.48. The Balaban J connectivity index is 1.48. The highest BCUT2D eigenvalue weighted by molar-refractivity contribution is 6.31. The smallest absolute Gasteiger partial charge is 0.231 e. The average Bonchev–Trinajstić information content (AvgIpc) is 3.04. The number of halogens is 1. The molecule has 1 aliphatic heterocycles. The topological polar surface area (TPSA) is 44.8 Å². The van der Waals surface area contributed by atoms with Crippen LogP contribution < -0.4 is 14.2 Å². The van der Waals surface area contributed by atoms with Crippen molar-refractivity contribution in [1.82, 2.24) is 0 Å². The lowest BCUT2D eigenvalue weighted by atomic mass is 10.1. The van der Waals surface area contributed by atoms with E-state index in [1.165, 1.54) is 0 Å². The van der Waals surface area contributed by atoms with E-state index < -0.39 is 0 Å². The SMILES string of the molecule is CCOc1ccc(/C=C2\Oc3cc(OCc4ccccc4Cl)ccc3C2=O)cc1. The summed E-state index contributed by atoms with van der Waals surface area (Å²) >= 11 is 6.16. The molecule has 0 saturated carbocycles. The van der Waals surface area contributed by atoms with Gasteiger partial charge in [0.05, 0.1) is 12.2 Å². The highest BCUT2D eigenvalue weighted by Gasteiger charge is 2.27. The van der Waals surface area contributed by atoms with E-state index in [0.717, 1.165) is 16.9 Å². The molecular formula is C24H19ClO4. The third-order valence-corrected chi connectivity index (χ3v) is 4.85. The number of hydrogen-bond donors (Lipinski definition) is 0. The van der Waals surface area contributed by atoms with Crippen molar-refractivity contribution in [1.29, 1.82) is 0 Å². The Labute approximate surface area is 174 Å². The Hall–Kier alpha value is -3.24. The molecule has 0 atom stereocenters. The number of hydrogen-bond acceptors (Lipinski definition) is 4. The van der Waals surface area contributed by atoms with E-state index >= 15 is 0 Å². The third kappa shape index (κ3) is 4.28. The molecule has 3 aromatic carbocycles. The summed E-state index contributed by atoms with van der Waals surface area (Å²) in [5.74, 6) is 2.03. The van der Waals surface area contributed by atoms with Crippen molar-refractivity contribution in [2.24, 2.45) is 0 Å². The summed E-state index contributed by atoms with van der Waals surface area (Å²) in [5.41, 5.74) is 2.27. The van der Waals surface area contributed by atoms with Gasteiger partial charge in [-0.3, -0.25) is 4.79 Å². The van der Waals surface area contributed by atoms with Crippen LogP contribution >= 0.6 is 11.6 Å². The van der Waals surface area contributed by atoms with Gasteiger partial charge in [-0.1, -0.05) is 41.9 Å². The van der Waals surface area contributed by atoms with Gasteiger partial charge in [-0.15, -0.1) is 0 Å². The second-order valence-corrected chi connectivity index (χ2v) is 6.89. The van der Waals surface area contributed by atoms with Gasteiger partial charge in [-0.2, -0.15) is 0 Å². The first kappa shape index (κ1) is 19.1. The van der Waals surface area contributed by atoms with Crippen LogP contribution in [-0.2, 0) is 6.61 Å². The Morgan fingerprint density at radius 3 is 2.48 bits per heavy atom. The van der Waals surface area contributed by atoms with Crippen molar-refractivity contribution in [3.05, 3.63) is 94.2 Å². The minimum absolute atomic E-state index is 0.147. The molecule has 146 valence electrons. The Morgan fingerprint density at radius 2 is 1.72 bits per heavy atom.